The van der Waals surface area contributed by atoms with E-state index in [9.17, 15) is 8.42 Å². The molecule has 0 saturated carbocycles. The highest BCUT2D eigenvalue weighted by molar-refractivity contribution is 7.87. The molecule has 1 unspecified atom stereocenters. The molecule has 1 atom stereocenters. The average Bonchev–Trinajstić information content (AvgIpc) is 2.49. The van der Waals surface area contributed by atoms with E-state index >= 15 is 0 Å². The van der Waals surface area contributed by atoms with Crippen molar-refractivity contribution in [1.29, 1.82) is 0 Å². The standard InChI is InChI=1S/C18H22O4S/c1-13(2)18(21-4)15-7-9-16(10-8-15)22-23(19,20)17-11-5-14(3)6-12-17/h5-13,18H,1-4H3. The third kappa shape index (κ3) is 4.33. The molecule has 5 heteroatoms. The molecular weight excluding hydrogens is 312 g/mol. The minimum Gasteiger partial charge on any atom is -0.379 e. The molecule has 124 valence electrons. The maximum atomic E-state index is 12.2. The molecule has 23 heavy (non-hydrogen) atoms. The number of rotatable bonds is 6. The summed E-state index contributed by atoms with van der Waals surface area (Å²) in [6, 6.07) is 13.5. The quantitative estimate of drug-likeness (QED) is 0.746. The second-order valence-corrected chi connectivity index (χ2v) is 7.37. The Hall–Kier alpha value is -1.85. The van der Waals surface area contributed by atoms with Crippen molar-refractivity contribution in [1.82, 2.24) is 0 Å². The SMILES string of the molecule is COC(c1ccc(OS(=O)(=O)c2ccc(C)cc2)cc1)C(C)C. The fourth-order valence-corrected chi connectivity index (χ4v) is 3.32. The van der Waals surface area contributed by atoms with Crippen molar-refractivity contribution < 1.29 is 17.3 Å². The summed E-state index contributed by atoms with van der Waals surface area (Å²) in [5.74, 6) is 0.607. The number of benzene rings is 2. The topological polar surface area (TPSA) is 52.6 Å². The van der Waals surface area contributed by atoms with Crippen molar-refractivity contribution in [2.24, 2.45) is 5.92 Å². The predicted molar refractivity (Wildman–Crippen MR) is 90.0 cm³/mol. The molecule has 2 aromatic rings. The Morgan fingerprint density at radius 1 is 0.913 bits per heavy atom. The Morgan fingerprint density at radius 2 is 1.48 bits per heavy atom. The van der Waals surface area contributed by atoms with Crippen LogP contribution in [0.2, 0.25) is 0 Å². The van der Waals surface area contributed by atoms with Crippen LogP contribution in [0.1, 0.15) is 31.1 Å². The smallest absolute Gasteiger partial charge is 0.339 e. The van der Waals surface area contributed by atoms with Gasteiger partial charge in [0, 0.05) is 7.11 Å². The maximum Gasteiger partial charge on any atom is 0.339 e. The molecule has 0 N–H and O–H groups in total. The van der Waals surface area contributed by atoms with Crippen molar-refractivity contribution in [2.45, 2.75) is 31.8 Å². The lowest BCUT2D eigenvalue weighted by molar-refractivity contribution is 0.0646. The largest absolute Gasteiger partial charge is 0.379 e. The van der Waals surface area contributed by atoms with Gasteiger partial charge in [0.15, 0.2) is 0 Å². The summed E-state index contributed by atoms with van der Waals surface area (Å²) in [5, 5.41) is 0. The number of hydrogen-bond donors (Lipinski definition) is 0. The Bertz CT molecular complexity index is 732. The van der Waals surface area contributed by atoms with E-state index in [-0.39, 0.29) is 16.7 Å². The van der Waals surface area contributed by atoms with E-state index in [4.69, 9.17) is 8.92 Å². The summed E-state index contributed by atoms with van der Waals surface area (Å²) in [5.41, 5.74) is 1.98. The summed E-state index contributed by atoms with van der Waals surface area (Å²) in [6.45, 7) is 6.04. The van der Waals surface area contributed by atoms with E-state index < -0.39 is 10.1 Å². The zero-order valence-electron chi connectivity index (χ0n) is 13.8. The van der Waals surface area contributed by atoms with E-state index in [2.05, 4.69) is 13.8 Å². The van der Waals surface area contributed by atoms with Crippen LogP contribution in [0.25, 0.3) is 0 Å². The molecule has 0 aliphatic carbocycles. The van der Waals surface area contributed by atoms with E-state index in [0.29, 0.717) is 5.92 Å². The molecule has 2 aromatic carbocycles. The van der Waals surface area contributed by atoms with Crippen LogP contribution in [0.5, 0.6) is 5.75 Å². The lowest BCUT2D eigenvalue weighted by Crippen LogP contribution is -2.11. The van der Waals surface area contributed by atoms with Crippen molar-refractivity contribution in [3.63, 3.8) is 0 Å². The Balaban J connectivity index is 2.18. The third-order valence-corrected chi connectivity index (χ3v) is 4.85. The predicted octanol–water partition coefficient (Wildman–Crippen LogP) is 4.11. The van der Waals surface area contributed by atoms with Gasteiger partial charge in [-0.05, 0) is 42.7 Å². The van der Waals surface area contributed by atoms with E-state index in [1.54, 1.807) is 43.5 Å². The summed E-state index contributed by atoms with van der Waals surface area (Å²) in [7, 11) is -2.15. The molecule has 0 spiro atoms. The zero-order chi connectivity index (χ0) is 17.0. The van der Waals surface area contributed by atoms with Gasteiger partial charge in [-0.1, -0.05) is 43.7 Å². The van der Waals surface area contributed by atoms with Gasteiger partial charge < -0.3 is 8.92 Å². The molecule has 4 nitrogen and oxygen atoms in total. The van der Waals surface area contributed by atoms with Gasteiger partial charge in [0.05, 0.1) is 6.10 Å². The van der Waals surface area contributed by atoms with E-state index in [1.807, 2.05) is 19.1 Å². The lowest BCUT2D eigenvalue weighted by Gasteiger charge is -2.19. The molecule has 0 saturated heterocycles. The molecule has 0 bridgehead atoms. The normalized spacial score (nSPS) is 13.1. The zero-order valence-corrected chi connectivity index (χ0v) is 14.6. The molecule has 2 rings (SSSR count). The van der Waals surface area contributed by atoms with Crippen molar-refractivity contribution in [3.8, 4) is 5.75 Å². The van der Waals surface area contributed by atoms with Crippen molar-refractivity contribution >= 4 is 10.1 Å². The van der Waals surface area contributed by atoms with Crippen molar-refractivity contribution in [3.05, 3.63) is 59.7 Å². The van der Waals surface area contributed by atoms with Gasteiger partial charge in [-0.2, -0.15) is 8.42 Å². The van der Waals surface area contributed by atoms with Crippen LogP contribution in [0, 0.1) is 12.8 Å². The van der Waals surface area contributed by atoms with Crippen LogP contribution in [0.15, 0.2) is 53.4 Å². The Morgan fingerprint density at radius 3 is 1.96 bits per heavy atom. The van der Waals surface area contributed by atoms with Crippen LogP contribution in [-0.2, 0) is 14.9 Å². The van der Waals surface area contributed by atoms with Crippen LogP contribution in [0.4, 0.5) is 0 Å². The second kappa shape index (κ2) is 7.15. The highest BCUT2D eigenvalue weighted by atomic mass is 32.2. The molecular formula is C18H22O4S. The molecule has 0 radical (unpaired) electrons. The number of hydrogen-bond acceptors (Lipinski definition) is 4. The highest BCUT2D eigenvalue weighted by Crippen LogP contribution is 2.27. The first-order chi connectivity index (χ1) is 10.8. The van der Waals surface area contributed by atoms with Crippen LogP contribution < -0.4 is 4.18 Å². The van der Waals surface area contributed by atoms with Gasteiger partial charge >= 0.3 is 10.1 Å². The average molecular weight is 334 g/mol. The number of methoxy groups -OCH3 is 1. The van der Waals surface area contributed by atoms with Crippen molar-refractivity contribution in [2.75, 3.05) is 7.11 Å². The van der Waals surface area contributed by atoms with Gasteiger partial charge in [0.1, 0.15) is 10.6 Å². The summed E-state index contributed by atoms with van der Waals surface area (Å²) >= 11 is 0. The first-order valence-corrected chi connectivity index (χ1v) is 8.88. The van der Waals surface area contributed by atoms with Crippen LogP contribution >= 0.6 is 0 Å². The molecule has 0 aliphatic heterocycles. The Kier molecular flexibility index (Phi) is 5.44. The monoisotopic (exact) mass is 334 g/mol. The first kappa shape index (κ1) is 17.5. The summed E-state index contributed by atoms with van der Waals surface area (Å²) in [6.07, 6.45) is -0.0299. The minimum absolute atomic E-state index is 0.0299. The summed E-state index contributed by atoms with van der Waals surface area (Å²) in [4.78, 5) is 0.143. The molecule has 0 amide bonds. The number of ether oxygens (including phenoxy) is 1. The van der Waals surface area contributed by atoms with Gasteiger partial charge in [-0.15, -0.1) is 0 Å². The van der Waals surface area contributed by atoms with E-state index in [0.717, 1.165) is 11.1 Å². The maximum absolute atomic E-state index is 12.2. The molecule has 0 aliphatic rings. The van der Waals surface area contributed by atoms with Gasteiger partial charge in [0.25, 0.3) is 0 Å². The summed E-state index contributed by atoms with van der Waals surface area (Å²) < 4.78 is 35.1. The Labute approximate surface area is 138 Å². The highest BCUT2D eigenvalue weighted by Gasteiger charge is 2.18. The van der Waals surface area contributed by atoms with E-state index in [1.165, 1.54) is 0 Å². The third-order valence-electron chi connectivity index (χ3n) is 3.58. The minimum atomic E-state index is -3.82. The van der Waals surface area contributed by atoms with Gasteiger partial charge in [-0.25, -0.2) is 0 Å². The van der Waals surface area contributed by atoms with Gasteiger partial charge in [-0.3, -0.25) is 0 Å². The van der Waals surface area contributed by atoms with Gasteiger partial charge in [0.2, 0.25) is 0 Å². The fraction of sp³-hybridized carbons (Fsp3) is 0.333. The first-order valence-electron chi connectivity index (χ1n) is 7.47. The molecule has 0 heterocycles. The van der Waals surface area contributed by atoms with Crippen LogP contribution in [-0.4, -0.2) is 15.5 Å². The second-order valence-electron chi connectivity index (χ2n) is 5.82. The van der Waals surface area contributed by atoms with Crippen LogP contribution in [0.3, 0.4) is 0 Å². The fourth-order valence-electron chi connectivity index (χ4n) is 2.39. The number of aryl methyl sites for hydroxylation is 1. The lowest BCUT2D eigenvalue weighted by atomic mass is 9.99. The molecule has 0 aromatic heterocycles. The molecule has 0 fully saturated rings.